The fourth-order valence-electron chi connectivity index (χ4n) is 2.72. The van der Waals surface area contributed by atoms with Crippen molar-refractivity contribution in [1.82, 2.24) is 10.3 Å². The number of aromatic nitrogens is 1. The van der Waals surface area contributed by atoms with Gasteiger partial charge in [0.2, 0.25) is 0 Å². The van der Waals surface area contributed by atoms with Gasteiger partial charge in [-0.3, -0.25) is 4.79 Å². The van der Waals surface area contributed by atoms with E-state index in [1.54, 1.807) is 31.2 Å². The molecular weight excluding hydrogens is 427 g/mol. The summed E-state index contributed by atoms with van der Waals surface area (Å²) in [4.78, 5) is 26.2. The molecule has 1 aromatic carbocycles. The van der Waals surface area contributed by atoms with Gasteiger partial charge in [-0.2, -0.15) is 18.4 Å². The van der Waals surface area contributed by atoms with Crippen LogP contribution in [0.3, 0.4) is 0 Å². The maximum Gasteiger partial charge on any atom is 0.416 e. The summed E-state index contributed by atoms with van der Waals surface area (Å²) in [5, 5.41) is 19.1. The standard InChI is InChI=1S/C21H20F3N5O3/c1-12-6-5-7-16(19(29-31-4)20(30)26-3)17(12)11-32-28-13(2)18-9-14(21(22,23)24)8-15(10-25)27-18/h5-9H,11H2,1-4H3,(H,26,30)/b28-13+,29-19+. The van der Waals surface area contributed by atoms with E-state index in [-0.39, 0.29) is 23.7 Å². The van der Waals surface area contributed by atoms with Crippen LogP contribution in [0, 0.1) is 18.3 Å². The fraction of sp³-hybridized carbons (Fsp3) is 0.286. The smallest absolute Gasteiger partial charge is 0.398 e. The van der Waals surface area contributed by atoms with Crippen LogP contribution in [0.1, 0.15) is 40.6 Å². The van der Waals surface area contributed by atoms with Gasteiger partial charge in [-0.05, 0) is 31.5 Å². The molecule has 11 heteroatoms. The molecule has 0 fully saturated rings. The molecule has 0 aliphatic heterocycles. The van der Waals surface area contributed by atoms with E-state index in [0.29, 0.717) is 17.2 Å². The van der Waals surface area contributed by atoms with Crippen molar-refractivity contribution in [2.45, 2.75) is 26.6 Å². The van der Waals surface area contributed by atoms with Gasteiger partial charge in [0, 0.05) is 18.2 Å². The van der Waals surface area contributed by atoms with Crippen LogP contribution in [-0.2, 0) is 27.3 Å². The molecule has 1 heterocycles. The van der Waals surface area contributed by atoms with Crippen LogP contribution in [0.4, 0.5) is 13.2 Å². The Hall–Kier alpha value is -3.94. The van der Waals surface area contributed by atoms with Crippen molar-refractivity contribution in [2.75, 3.05) is 14.2 Å². The number of oxime groups is 2. The number of carbonyl (C=O) groups is 1. The molecular formula is C21H20F3N5O3. The second-order valence-electron chi connectivity index (χ2n) is 6.49. The minimum absolute atomic E-state index is 0.0243. The minimum atomic E-state index is -4.64. The van der Waals surface area contributed by atoms with Crippen LogP contribution in [0.5, 0.6) is 0 Å². The van der Waals surface area contributed by atoms with Crippen molar-refractivity contribution >= 4 is 17.3 Å². The first-order chi connectivity index (χ1) is 15.1. The molecule has 0 aliphatic rings. The van der Waals surface area contributed by atoms with Gasteiger partial charge >= 0.3 is 6.18 Å². The number of amides is 1. The lowest BCUT2D eigenvalue weighted by Gasteiger charge is -2.13. The number of hydrogen-bond donors (Lipinski definition) is 1. The number of nitrogens with zero attached hydrogens (tertiary/aromatic N) is 4. The third-order valence-corrected chi connectivity index (χ3v) is 4.34. The molecule has 0 saturated heterocycles. The van der Waals surface area contributed by atoms with Crippen LogP contribution in [-0.4, -0.2) is 36.5 Å². The zero-order chi connectivity index (χ0) is 23.9. The van der Waals surface area contributed by atoms with Crippen molar-refractivity contribution in [1.29, 1.82) is 5.26 Å². The molecule has 1 aromatic heterocycles. The van der Waals surface area contributed by atoms with E-state index in [2.05, 4.69) is 20.6 Å². The highest BCUT2D eigenvalue weighted by molar-refractivity contribution is 6.45. The van der Waals surface area contributed by atoms with Crippen LogP contribution in [0.2, 0.25) is 0 Å². The Morgan fingerprint density at radius 2 is 2.00 bits per heavy atom. The molecule has 2 aromatic rings. The number of nitrogens with one attached hydrogen (secondary N) is 1. The summed E-state index contributed by atoms with van der Waals surface area (Å²) in [5.74, 6) is -0.476. The highest BCUT2D eigenvalue weighted by Crippen LogP contribution is 2.30. The molecule has 0 atom stereocenters. The summed E-state index contributed by atoms with van der Waals surface area (Å²) < 4.78 is 39.2. The van der Waals surface area contributed by atoms with Gasteiger partial charge in [0.25, 0.3) is 5.91 Å². The first-order valence-electron chi connectivity index (χ1n) is 9.20. The molecule has 1 amide bonds. The summed E-state index contributed by atoms with van der Waals surface area (Å²) in [6, 6.07) is 8.23. The molecule has 1 N–H and O–H groups in total. The Kier molecular flexibility index (Phi) is 7.90. The Morgan fingerprint density at radius 3 is 2.59 bits per heavy atom. The number of aryl methyl sites for hydroxylation is 1. The number of pyridine rings is 1. The van der Waals surface area contributed by atoms with Crippen LogP contribution < -0.4 is 5.32 Å². The third kappa shape index (κ3) is 5.81. The molecule has 0 radical (unpaired) electrons. The predicted octanol–water partition coefficient (Wildman–Crippen LogP) is 3.32. The topological polar surface area (TPSA) is 109 Å². The number of alkyl halides is 3. The van der Waals surface area contributed by atoms with Gasteiger partial charge in [-0.1, -0.05) is 28.5 Å². The lowest BCUT2D eigenvalue weighted by Crippen LogP contribution is -2.29. The Balaban J connectivity index is 2.35. The van der Waals surface area contributed by atoms with Gasteiger partial charge in [0.15, 0.2) is 5.71 Å². The van der Waals surface area contributed by atoms with Gasteiger partial charge in [-0.15, -0.1) is 0 Å². The molecule has 0 unspecified atom stereocenters. The third-order valence-electron chi connectivity index (χ3n) is 4.34. The maximum absolute atomic E-state index is 13.1. The number of likely N-dealkylation sites (N-methyl/N-ethyl adjacent to an activating group) is 1. The van der Waals surface area contributed by atoms with E-state index in [9.17, 15) is 18.0 Å². The molecule has 0 aliphatic carbocycles. The summed E-state index contributed by atoms with van der Waals surface area (Å²) in [6.45, 7) is 3.09. The zero-order valence-corrected chi connectivity index (χ0v) is 17.7. The largest absolute Gasteiger partial charge is 0.416 e. The molecule has 8 nitrogen and oxygen atoms in total. The minimum Gasteiger partial charge on any atom is -0.398 e. The first-order valence-corrected chi connectivity index (χ1v) is 9.20. The van der Waals surface area contributed by atoms with Gasteiger partial charge in [0.05, 0.1) is 11.3 Å². The number of carbonyl (C=O) groups excluding carboxylic acids is 1. The molecule has 2 rings (SSSR count). The lowest BCUT2D eigenvalue weighted by atomic mass is 9.98. The average molecular weight is 447 g/mol. The van der Waals surface area contributed by atoms with Crippen LogP contribution in [0.25, 0.3) is 0 Å². The number of hydrogen-bond acceptors (Lipinski definition) is 7. The van der Waals surface area contributed by atoms with E-state index in [4.69, 9.17) is 14.9 Å². The Bertz CT molecular complexity index is 1100. The van der Waals surface area contributed by atoms with E-state index in [0.717, 1.165) is 11.6 Å². The molecule has 32 heavy (non-hydrogen) atoms. The molecule has 0 spiro atoms. The second kappa shape index (κ2) is 10.4. The van der Waals surface area contributed by atoms with Crippen LogP contribution >= 0.6 is 0 Å². The van der Waals surface area contributed by atoms with Crippen molar-refractivity contribution in [3.63, 3.8) is 0 Å². The van der Waals surface area contributed by atoms with Gasteiger partial charge in [-0.25, -0.2) is 4.98 Å². The van der Waals surface area contributed by atoms with E-state index in [1.807, 2.05) is 0 Å². The van der Waals surface area contributed by atoms with E-state index in [1.165, 1.54) is 21.1 Å². The summed E-state index contributed by atoms with van der Waals surface area (Å²) in [7, 11) is 2.75. The molecule has 168 valence electrons. The number of halogens is 3. The molecule has 0 bridgehead atoms. The van der Waals surface area contributed by atoms with Gasteiger partial charge in [0.1, 0.15) is 31.2 Å². The van der Waals surface area contributed by atoms with E-state index >= 15 is 0 Å². The van der Waals surface area contributed by atoms with E-state index < -0.39 is 23.3 Å². The number of rotatable bonds is 7. The quantitative estimate of drug-likeness (QED) is 0.517. The summed E-state index contributed by atoms with van der Waals surface area (Å²) in [5.41, 5.74) is 0.315. The summed E-state index contributed by atoms with van der Waals surface area (Å²) in [6.07, 6.45) is -4.64. The normalized spacial score (nSPS) is 12.2. The zero-order valence-electron chi connectivity index (χ0n) is 17.7. The molecule has 0 saturated carbocycles. The van der Waals surface area contributed by atoms with Crippen molar-refractivity contribution < 1.29 is 27.6 Å². The predicted molar refractivity (Wildman–Crippen MR) is 110 cm³/mol. The number of nitriles is 1. The van der Waals surface area contributed by atoms with Crippen molar-refractivity contribution in [3.8, 4) is 6.07 Å². The fourth-order valence-corrected chi connectivity index (χ4v) is 2.72. The van der Waals surface area contributed by atoms with Crippen LogP contribution in [0.15, 0.2) is 40.6 Å². The Morgan fingerprint density at radius 1 is 1.28 bits per heavy atom. The first kappa shape index (κ1) is 24.3. The van der Waals surface area contributed by atoms with Gasteiger partial charge < -0.3 is 15.0 Å². The van der Waals surface area contributed by atoms with Crippen molar-refractivity contribution in [3.05, 3.63) is 64.0 Å². The SMILES string of the molecule is CNC(=O)/C(=N/OC)c1cccc(C)c1CO/N=C(\C)c1cc(C(F)(F)F)cc(C#N)n1. The van der Waals surface area contributed by atoms with Crippen molar-refractivity contribution in [2.24, 2.45) is 10.3 Å². The highest BCUT2D eigenvalue weighted by atomic mass is 19.4. The number of benzene rings is 1. The average Bonchev–Trinajstić information content (AvgIpc) is 2.77. The Labute approximate surface area is 182 Å². The lowest BCUT2D eigenvalue weighted by molar-refractivity contribution is -0.137. The second-order valence-corrected chi connectivity index (χ2v) is 6.49. The highest BCUT2D eigenvalue weighted by Gasteiger charge is 2.32. The summed E-state index contributed by atoms with van der Waals surface area (Å²) >= 11 is 0. The monoisotopic (exact) mass is 447 g/mol. The maximum atomic E-state index is 13.1.